The highest BCUT2D eigenvalue weighted by Crippen LogP contribution is 2.47. The lowest BCUT2D eigenvalue weighted by Crippen LogP contribution is -2.70. The molecular weight excluding hydrogens is 453 g/mol. The van der Waals surface area contributed by atoms with E-state index in [1.54, 1.807) is 0 Å². The fraction of sp³-hybridized carbons (Fsp3) is 0.913. The zero-order valence-corrected chi connectivity index (χ0v) is 19.6. The van der Waals surface area contributed by atoms with Crippen molar-refractivity contribution in [2.75, 3.05) is 6.61 Å². The number of carbonyl (C=O) groups excluding carboxylic acids is 2. The van der Waals surface area contributed by atoms with Gasteiger partial charge in [0, 0.05) is 24.4 Å². The van der Waals surface area contributed by atoms with Crippen molar-refractivity contribution < 1.29 is 28.7 Å². The van der Waals surface area contributed by atoms with Crippen LogP contribution in [0.5, 0.6) is 0 Å². The summed E-state index contributed by atoms with van der Waals surface area (Å²) in [5.41, 5.74) is 1.84. The van der Waals surface area contributed by atoms with Crippen LogP contribution in [0, 0.1) is 5.92 Å². The number of alkyl halides is 2. The number of fused-ring (bicyclic) bond motifs is 3. The maximum atomic E-state index is 13.8. The van der Waals surface area contributed by atoms with Gasteiger partial charge in [-0.25, -0.2) is 4.39 Å². The normalized spacial score (nSPS) is 45.1. The minimum Gasteiger partial charge on any atom is -0.391 e. The predicted molar refractivity (Wildman–Crippen MR) is 118 cm³/mol. The number of aliphatic hydroxyl groups is 1. The maximum absolute atomic E-state index is 13.8. The Balaban J connectivity index is 1.10. The Morgan fingerprint density at radius 1 is 1.12 bits per heavy atom. The average molecular weight is 488 g/mol. The van der Waals surface area contributed by atoms with Crippen LogP contribution in [0.4, 0.5) is 4.39 Å². The van der Waals surface area contributed by atoms with Crippen LogP contribution in [0.1, 0.15) is 70.6 Å². The van der Waals surface area contributed by atoms with Crippen LogP contribution in [0.2, 0.25) is 0 Å². The third-order valence-corrected chi connectivity index (χ3v) is 9.00. The van der Waals surface area contributed by atoms with Gasteiger partial charge in [-0.2, -0.15) is 5.48 Å². The molecule has 1 aliphatic heterocycles. The summed E-state index contributed by atoms with van der Waals surface area (Å²) in [5, 5.41) is 16.6. The van der Waals surface area contributed by atoms with Crippen molar-refractivity contribution in [2.45, 2.75) is 118 Å². The molecule has 1 heterocycles. The number of carbonyl (C=O) groups is 2. The van der Waals surface area contributed by atoms with Gasteiger partial charge in [-0.1, -0.05) is 0 Å². The molecule has 1 saturated heterocycles. The predicted octanol–water partition coefficient (Wildman–Crippen LogP) is 1.62. The topological polar surface area (TPSA) is 109 Å². The van der Waals surface area contributed by atoms with E-state index in [0.717, 1.165) is 0 Å². The number of hydroxylamine groups is 1. The summed E-state index contributed by atoms with van der Waals surface area (Å²) < 4.78 is 19.4. The Morgan fingerprint density at radius 2 is 1.88 bits per heavy atom. The van der Waals surface area contributed by atoms with Crippen molar-refractivity contribution >= 4 is 23.4 Å². The zero-order chi connectivity index (χ0) is 23.2. The standard InChI is InChI=1S/C23H35ClFN3O5/c24-15-4-3-14(9-16(15)25)32-12-20(30)26-23-7-5-22(6-8-23,11-19(23)29)27-21(31)18-10-17(28-33-18)13-1-2-13/h13-19,28-29H,1-12H2,(H,26,30)(H,27,31). The van der Waals surface area contributed by atoms with E-state index >= 15 is 0 Å². The first kappa shape index (κ1) is 23.7. The number of halogens is 2. The van der Waals surface area contributed by atoms with Gasteiger partial charge in [0.05, 0.1) is 23.1 Å². The highest BCUT2D eigenvalue weighted by molar-refractivity contribution is 6.21. The van der Waals surface area contributed by atoms with E-state index < -0.39 is 34.8 Å². The average Bonchev–Trinajstić information content (AvgIpc) is 3.52. The molecule has 6 unspecified atom stereocenters. The number of ether oxygens (including phenoxy) is 1. The fourth-order valence-corrected chi connectivity index (χ4v) is 6.38. The Kier molecular flexibility index (Phi) is 6.63. The number of aliphatic hydroxyl groups excluding tert-OH is 1. The lowest BCUT2D eigenvalue weighted by atomic mass is 9.59. The fourth-order valence-electron chi connectivity index (χ4n) is 6.15. The summed E-state index contributed by atoms with van der Waals surface area (Å²) in [4.78, 5) is 31.0. The van der Waals surface area contributed by atoms with Crippen LogP contribution in [0.25, 0.3) is 0 Å². The van der Waals surface area contributed by atoms with E-state index in [9.17, 15) is 19.1 Å². The Bertz CT molecular complexity index is 760. The lowest BCUT2D eigenvalue weighted by Gasteiger charge is -2.56. The molecule has 0 radical (unpaired) electrons. The van der Waals surface area contributed by atoms with Crippen LogP contribution in [0.15, 0.2) is 0 Å². The Hall–Kier alpha value is -1.00. The SMILES string of the molecule is O=C(COC1CCC(Cl)C(F)C1)NC12CCC(NC(=O)C3CC(C4CC4)NO3)(CC1)CC2O. The molecule has 6 atom stereocenters. The molecule has 33 heavy (non-hydrogen) atoms. The van der Waals surface area contributed by atoms with E-state index in [2.05, 4.69) is 16.1 Å². The molecule has 0 aromatic carbocycles. The molecule has 10 heteroatoms. The monoisotopic (exact) mass is 487 g/mol. The first-order chi connectivity index (χ1) is 15.8. The van der Waals surface area contributed by atoms with Crippen LogP contribution in [-0.4, -0.2) is 70.5 Å². The van der Waals surface area contributed by atoms with Crippen LogP contribution in [0.3, 0.4) is 0 Å². The minimum atomic E-state index is -1.11. The molecule has 0 aromatic rings. The van der Waals surface area contributed by atoms with Gasteiger partial charge in [0.15, 0.2) is 6.10 Å². The second-order valence-corrected chi connectivity index (χ2v) is 11.4. The van der Waals surface area contributed by atoms with Crippen molar-refractivity contribution in [3.63, 3.8) is 0 Å². The quantitative estimate of drug-likeness (QED) is 0.406. The highest BCUT2D eigenvalue weighted by Gasteiger charge is 2.56. The Labute approximate surface area is 198 Å². The molecule has 0 aromatic heterocycles. The van der Waals surface area contributed by atoms with Gasteiger partial charge in [-0.05, 0) is 63.7 Å². The summed E-state index contributed by atoms with van der Waals surface area (Å²) in [6.07, 6.45) is 4.71. The Morgan fingerprint density at radius 3 is 2.55 bits per heavy atom. The number of nitrogens with one attached hydrogen (secondary N) is 3. The molecule has 2 amide bonds. The maximum Gasteiger partial charge on any atom is 0.251 e. The zero-order valence-electron chi connectivity index (χ0n) is 18.9. The number of rotatable bonds is 7. The van der Waals surface area contributed by atoms with Gasteiger partial charge < -0.3 is 20.5 Å². The molecular formula is C23H35ClFN3O5. The van der Waals surface area contributed by atoms with Crippen LogP contribution < -0.4 is 16.1 Å². The molecule has 186 valence electrons. The van der Waals surface area contributed by atoms with Crippen molar-refractivity contribution in [2.24, 2.45) is 5.92 Å². The van der Waals surface area contributed by atoms with Crippen molar-refractivity contribution in [3.8, 4) is 0 Å². The van der Waals surface area contributed by atoms with Crippen molar-refractivity contribution in [3.05, 3.63) is 0 Å². The summed E-state index contributed by atoms with van der Waals surface area (Å²) in [6.45, 7) is -0.158. The summed E-state index contributed by atoms with van der Waals surface area (Å²) >= 11 is 5.91. The van der Waals surface area contributed by atoms with Crippen LogP contribution >= 0.6 is 11.6 Å². The molecule has 2 bridgehead atoms. The van der Waals surface area contributed by atoms with E-state index in [4.69, 9.17) is 21.2 Å². The van der Waals surface area contributed by atoms with E-state index in [1.165, 1.54) is 12.8 Å². The van der Waals surface area contributed by atoms with E-state index in [-0.39, 0.29) is 37.0 Å². The van der Waals surface area contributed by atoms with Gasteiger partial charge in [0.2, 0.25) is 5.91 Å². The molecule has 0 spiro atoms. The highest BCUT2D eigenvalue weighted by atomic mass is 35.5. The van der Waals surface area contributed by atoms with Gasteiger partial charge in [0.1, 0.15) is 12.8 Å². The molecule has 5 saturated carbocycles. The second-order valence-electron chi connectivity index (χ2n) is 10.9. The largest absolute Gasteiger partial charge is 0.391 e. The van der Waals surface area contributed by atoms with Gasteiger partial charge in [-0.15, -0.1) is 11.6 Å². The van der Waals surface area contributed by atoms with Gasteiger partial charge in [0.25, 0.3) is 5.91 Å². The summed E-state index contributed by atoms with van der Waals surface area (Å²) in [5.74, 6) is 0.198. The summed E-state index contributed by atoms with van der Waals surface area (Å²) in [7, 11) is 0. The van der Waals surface area contributed by atoms with Crippen LogP contribution in [-0.2, 0) is 19.2 Å². The molecule has 6 aliphatic rings. The first-order valence-corrected chi connectivity index (χ1v) is 12.8. The van der Waals surface area contributed by atoms with Crippen molar-refractivity contribution in [1.82, 2.24) is 16.1 Å². The lowest BCUT2D eigenvalue weighted by molar-refractivity contribution is -0.144. The molecule has 6 fully saturated rings. The van der Waals surface area contributed by atoms with Gasteiger partial charge >= 0.3 is 0 Å². The third kappa shape index (κ3) is 5.03. The van der Waals surface area contributed by atoms with E-state index in [1.807, 2.05) is 0 Å². The smallest absolute Gasteiger partial charge is 0.251 e. The minimum absolute atomic E-state index is 0.123. The first-order valence-electron chi connectivity index (χ1n) is 12.4. The number of hydrogen-bond acceptors (Lipinski definition) is 6. The summed E-state index contributed by atoms with van der Waals surface area (Å²) in [6, 6.07) is 0.257. The number of hydrogen-bond donors (Lipinski definition) is 4. The molecule has 4 N–H and O–H groups in total. The third-order valence-electron chi connectivity index (χ3n) is 8.51. The van der Waals surface area contributed by atoms with E-state index in [0.29, 0.717) is 57.3 Å². The number of amides is 2. The van der Waals surface area contributed by atoms with Gasteiger partial charge in [-0.3, -0.25) is 14.4 Å². The molecule has 8 nitrogen and oxygen atoms in total. The van der Waals surface area contributed by atoms with Crippen molar-refractivity contribution in [1.29, 1.82) is 0 Å². The molecule has 5 aliphatic carbocycles. The molecule has 6 rings (SSSR count). The second kappa shape index (κ2) is 9.22.